The summed E-state index contributed by atoms with van der Waals surface area (Å²) in [6, 6.07) is 12.9. The Morgan fingerprint density at radius 3 is 2.45 bits per heavy atom. The first-order valence-electron chi connectivity index (χ1n) is 10.4. The fourth-order valence-electron chi connectivity index (χ4n) is 3.34. The van der Waals surface area contributed by atoms with Crippen LogP contribution in [0, 0.1) is 6.92 Å². The molecular formula is C24H29N3O4. The van der Waals surface area contributed by atoms with E-state index in [0.29, 0.717) is 30.7 Å². The Hall–Kier alpha value is -3.19. The number of likely N-dealkylation sites (N-methyl/N-ethyl adjacent to an activating group) is 1. The summed E-state index contributed by atoms with van der Waals surface area (Å²) in [4.78, 5) is 40.3. The number of nitrogens with one attached hydrogen (secondary N) is 1. The van der Waals surface area contributed by atoms with Crippen LogP contribution in [0.4, 0.5) is 0 Å². The number of hydrogen-bond donors (Lipinski definition) is 1. The molecule has 3 amide bonds. The minimum atomic E-state index is -0.284. The molecule has 0 fully saturated rings. The predicted octanol–water partition coefficient (Wildman–Crippen LogP) is 2.63. The molecule has 2 aromatic rings. The van der Waals surface area contributed by atoms with Gasteiger partial charge in [0.1, 0.15) is 12.4 Å². The van der Waals surface area contributed by atoms with Crippen LogP contribution < -0.4 is 10.1 Å². The Labute approximate surface area is 183 Å². The van der Waals surface area contributed by atoms with E-state index in [1.54, 1.807) is 12.1 Å². The number of nitrogens with zero attached hydrogens (tertiary/aromatic N) is 2. The summed E-state index contributed by atoms with van der Waals surface area (Å²) in [7, 11) is 3.99. The van der Waals surface area contributed by atoms with Gasteiger partial charge in [0.15, 0.2) is 0 Å². The normalized spacial score (nSPS) is 13.0. The van der Waals surface area contributed by atoms with Gasteiger partial charge in [-0.3, -0.25) is 19.3 Å². The number of carbonyl (C=O) groups excluding carboxylic acids is 3. The van der Waals surface area contributed by atoms with Crippen molar-refractivity contribution < 1.29 is 19.1 Å². The first-order chi connectivity index (χ1) is 14.8. The average Bonchev–Trinajstić information content (AvgIpc) is 2.97. The molecule has 0 bridgehead atoms. The molecule has 3 rings (SSSR count). The summed E-state index contributed by atoms with van der Waals surface area (Å²) in [5, 5.41) is 2.87. The van der Waals surface area contributed by atoms with E-state index in [1.165, 1.54) is 4.90 Å². The van der Waals surface area contributed by atoms with Gasteiger partial charge in [-0.05, 0) is 57.3 Å². The Morgan fingerprint density at radius 2 is 1.74 bits per heavy atom. The van der Waals surface area contributed by atoms with Crippen LogP contribution in [-0.4, -0.2) is 61.3 Å². The topological polar surface area (TPSA) is 79.0 Å². The summed E-state index contributed by atoms with van der Waals surface area (Å²) in [6.07, 6.45) is 0.674. The van der Waals surface area contributed by atoms with Gasteiger partial charge in [-0.15, -0.1) is 0 Å². The van der Waals surface area contributed by atoms with E-state index < -0.39 is 0 Å². The number of aryl methyl sites for hydroxylation is 1. The molecule has 1 N–H and O–H groups in total. The van der Waals surface area contributed by atoms with E-state index in [9.17, 15) is 14.4 Å². The predicted molar refractivity (Wildman–Crippen MR) is 118 cm³/mol. The monoisotopic (exact) mass is 423 g/mol. The van der Waals surface area contributed by atoms with E-state index in [1.807, 2.05) is 51.4 Å². The van der Waals surface area contributed by atoms with Crippen molar-refractivity contribution in [2.75, 3.05) is 33.8 Å². The van der Waals surface area contributed by atoms with Gasteiger partial charge >= 0.3 is 0 Å². The molecule has 1 aliphatic rings. The molecule has 1 aliphatic heterocycles. The highest BCUT2D eigenvalue weighted by Crippen LogP contribution is 2.24. The van der Waals surface area contributed by atoms with Crippen LogP contribution in [0.2, 0.25) is 0 Å². The molecule has 0 aromatic heterocycles. The highest BCUT2D eigenvalue weighted by molar-refractivity contribution is 6.21. The largest absolute Gasteiger partial charge is 0.492 e. The second-order valence-electron chi connectivity index (χ2n) is 7.99. The highest BCUT2D eigenvalue weighted by atomic mass is 16.5. The van der Waals surface area contributed by atoms with Gasteiger partial charge in [0.2, 0.25) is 5.91 Å². The lowest BCUT2D eigenvalue weighted by Gasteiger charge is -2.13. The van der Waals surface area contributed by atoms with Crippen molar-refractivity contribution in [3.8, 4) is 5.75 Å². The maximum Gasteiger partial charge on any atom is 0.261 e. The zero-order valence-corrected chi connectivity index (χ0v) is 18.3. The highest BCUT2D eigenvalue weighted by Gasteiger charge is 2.34. The second-order valence-corrected chi connectivity index (χ2v) is 7.99. The lowest BCUT2D eigenvalue weighted by atomic mass is 10.1. The average molecular weight is 424 g/mol. The van der Waals surface area contributed by atoms with Crippen LogP contribution in [0.3, 0.4) is 0 Å². The Bertz CT molecular complexity index is 954. The van der Waals surface area contributed by atoms with E-state index >= 15 is 0 Å². The van der Waals surface area contributed by atoms with Gasteiger partial charge in [-0.1, -0.05) is 23.8 Å². The van der Waals surface area contributed by atoms with Crippen molar-refractivity contribution in [2.45, 2.75) is 26.3 Å². The number of amides is 3. The fourth-order valence-corrected chi connectivity index (χ4v) is 3.34. The molecular weight excluding hydrogens is 394 g/mol. The number of benzene rings is 2. The lowest BCUT2D eigenvalue weighted by molar-refractivity contribution is -0.121. The Morgan fingerprint density at radius 1 is 1.03 bits per heavy atom. The molecule has 0 spiro atoms. The third-order valence-electron chi connectivity index (χ3n) is 5.13. The molecule has 0 atom stereocenters. The molecule has 31 heavy (non-hydrogen) atoms. The molecule has 164 valence electrons. The maximum absolute atomic E-state index is 12.5. The molecule has 0 unspecified atom stereocenters. The smallest absolute Gasteiger partial charge is 0.261 e. The Balaban J connectivity index is 1.39. The van der Waals surface area contributed by atoms with Crippen molar-refractivity contribution >= 4 is 17.7 Å². The quantitative estimate of drug-likeness (QED) is 0.595. The molecule has 2 aromatic carbocycles. The molecule has 0 aliphatic carbocycles. The van der Waals surface area contributed by atoms with Crippen molar-refractivity contribution in [2.24, 2.45) is 0 Å². The first kappa shape index (κ1) is 22.5. The van der Waals surface area contributed by atoms with Crippen molar-refractivity contribution in [1.82, 2.24) is 15.1 Å². The van der Waals surface area contributed by atoms with E-state index in [-0.39, 0.29) is 30.7 Å². The standard InChI is InChI=1S/C24H29N3O4/c1-17-6-11-20-21(15-17)24(30)27(23(20)29)12-4-5-22(28)25-16-18-7-9-19(10-8-18)31-14-13-26(2)3/h6-11,15H,4-5,12-14,16H2,1-3H3,(H,25,28). The van der Waals surface area contributed by atoms with Crippen LogP contribution in [-0.2, 0) is 11.3 Å². The molecule has 7 heteroatoms. The summed E-state index contributed by atoms with van der Waals surface area (Å²) >= 11 is 0. The lowest BCUT2D eigenvalue weighted by Crippen LogP contribution is -2.32. The molecule has 0 saturated heterocycles. The van der Waals surface area contributed by atoms with Gasteiger partial charge in [0.05, 0.1) is 11.1 Å². The van der Waals surface area contributed by atoms with Gasteiger partial charge in [-0.2, -0.15) is 0 Å². The number of carbonyl (C=O) groups is 3. The number of fused-ring (bicyclic) bond motifs is 1. The van der Waals surface area contributed by atoms with Crippen molar-refractivity contribution in [3.05, 3.63) is 64.7 Å². The van der Waals surface area contributed by atoms with Crippen LogP contribution in [0.5, 0.6) is 5.75 Å². The summed E-state index contributed by atoms with van der Waals surface area (Å²) in [6.45, 7) is 4.01. The minimum absolute atomic E-state index is 0.112. The number of rotatable bonds is 10. The molecule has 0 radical (unpaired) electrons. The summed E-state index contributed by atoms with van der Waals surface area (Å²) < 4.78 is 5.66. The zero-order chi connectivity index (χ0) is 22.4. The molecule has 7 nitrogen and oxygen atoms in total. The minimum Gasteiger partial charge on any atom is -0.492 e. The maximum atomic E-state index is 12.5. The van der Waals surface area contributed by atoms with Gasteiger partial charge in [0.25, 0.3) is 11.8 Å². The number of ether oxygens (including phenoxy) is 1. The van der Waals surface area contributed by atoms with Crippen LogP contribution >= 0.6 is 0 Å². The van der Waals surface area contributed by atoms with Crippen LogP contribution in [0.25, 0.3) is 0 Å². The van der Waals surface area contributed by atoms with E-state index in [0.717, 1.165) is 23.4 Å². The van der Waals surface area contributed by atoms with Gasteiger partial charge in [0, 0.05) is 26.1 Å². The van der Waals surface area contributed by atoms with E-state index in [4.69, 9.17) is 4.74 Å². The fraction of sp³-hybridized carbons (Fsp3) is 0.375. The van der Waals surface area contributed by atoms with Crippen molar-refractivity contribution in [3.63, 3.8) is 0 Å². The Kier molecular flexibility index (Phi) is 7.41. The van der Waals surface area contributed by atoms with Gasteiger partial charge in [-0.25, -0.2) is 0 Å². The summed E-state index contributed by atoms with van der Waals surface area (Å²) in [5.74, 6) is 0.122. The second kappa shape index (κ2) is 10.2. The summed E-state index contributed by atoms with van der Waals surface area (Å²) in [5.41, 5.74) is 2.80. The van der Waals surface area contributed by atoms with Crippen LogP contribution in [0.15, 0.2) is 42.5 Å². The van der Waals surface area contributed by atoms with Crippen LogP contribution in [0.1, 0.15) is 44.7 Å². The third-order valence-corrected chi connectivity index (χ3v) is 5.13. The number of hydrogen-bond acceptors (Lipinski definition) is 5. The molecule has 0 saturated carbocycles. The third kappa shape index (κ3) is 5.92. The first-order valence-corrected chi connectivity index (χ1v) is 10.4. The van der Waals surface area contributed by atoms with Crippen molar-refractivity contribution in [1.29, 1.82) is 0 Å². The van der Waals surface area contributed by atoms with E-state index in [2.05, 4.69) is 10.2 Å². The van der Waals surface area contributed by atoms with Gasteiger partial charge < -0.3 is 15.0 Å². The number of imide groups is 1. The SMILES string of the molecule is Cc1ccc2c(c1)C(=O)N(CCCC(=O)NCc1ccc(OCCN(C)C)cc1)C2=O. The zero-order valence-electron chi connectivity index (χ0n) is 18.3. The molecule has 1 heterocycles.